The molecule has 0 N–H and O–H groups in total. The van der Waals surface area contributed by atoms with E-state index in [4.69, 9.17) is 4.52 Å². The summed E-state index contributed by atoms with van der Waals surface area (Å²) in [6.45, 7) is 7.21. The minimum Gasteiger partial charge on any atom is -0.339 e. The summed E-state index contributed by atoms with van der Waals surface area (Å²) < 4.78 is 4.97. The van der Waals surface area contributed by atoms with Gasteiger partial charge >= 0.3 is 0 Å². The average Bonchev–Trinajstić information content (AvgIpc) is 2.34. The molecule has 0 aliphatic heterocycles. The van der Waals surface area contributed by atoms with Crippen LogP contribution in [0.25, 0.3) is 0 Å². The van der Waals surface area contributed by atoms with Gasteiger partial charge in [-0.15, -0.1) is 0 Å². The molecule has 0 aliphatic rings. The molecule has 1 aromatic heterocycles. The van der Waals surface area contributed by atoms with Crippen LogP contribution in [0.2, 0.25) is 0 Å². The van der Waals surface area contributed by atoms with Gasteiger partial charge in [0.15, 0.2) is 5.82 Å². The topological polar surface area (TPSA) is 56.0 Å². The largest absolute Gasteiger partial charge is 0.339 e. The molecule has 0 bridgehead atoms. The van der Waals surface area contributed by atoms with E-state index in [1.54, 1.807) is 13.8 Å². The highest BCUT2D eigenvalue weighted by Crippen LogP contribution is 2.23. The first kappa shape index (κ1) is 9.89. The Balaban J connectivity index is 2.95. The van der Waals surface area contributed by atoms with Crippen LogP contribution in [0.5, 0.6) is 0 Å². The lowest BCUT2D eigenvalue weighted by molar-refractivity contribution is -0.119. The molecular formula is C9H14N2O2. The van der Waals surface area contributed by atoms with Crippen molar-refractivity contribution in [1.29, 1.82) is 0 Å². The molecule has 1 unspecified atom stereocenters. The summed E-state index contributed by atoms with van der Waals surface area (Å²) in [4.78, 5) is 15.3. The Kier molecular flexibility index (Phi) is 2.80. The zero-order valence-electron chi connectivity index (χ0n) is 8.37. The fourth-order valence-corrected chi connectivity index (χ4v) is 1.37. The fourth-order valence-electron chi connectivity index (χ4n) is 1.37. The molecule has 13 heavy (non-hydrogen) atoms. The Morgan fingerprint density at radius 1 is 1.46 bits per heavy atom. The predicted molar refractivity (Wildman–Crippen MR) is 47.3 cm³/mol. The van der Waals surface area contributed by atoms with Crippen molar-refractivity contribution in [2.75, 3.05) is 0 Å². The average molecular weight is 182 g/mol. The normalized spacial score (nSPS) is 13.3. The molecule has 0 spiro atoms. The maximum atomic E-state index is 11.3. The van der Waals surface area contributed by atoms with Gasteiger partial charge in [0.1, 0.15) is 5.78 Å². The summed E-state index contributed by atoms with van der Waals surface area (Å²) in [5.74, 6) is 0.999. The molecular weight excluding hydrogens is 168 g/mol. The van der Waals surface area contributed by atoms with Crippen molar-refractivity contribution in [2.24, 2.45) is 5.92 Å². The third kappa shape index (κ3) is 2.14. The monoisotopic (exact) mass is 182 g/mol. The van der Waals surface area contributed by atoms with E-state index in [1.165, 1.54) is 0 Å². The van der Waals surface area contributed by atoms with E-state index in [2.05, 4.69) is 10.1 Å². The highest BCUT2D eigenvalue weighted by molar-refractivity contribution is 5.82. The van der Waals surface area contributed by atoms with E-state index in [0.717, 1.165) is 0 Å². The maximum absolute atomic E-state index is 11.3. The fraction of sp³-hybridized carbons (Fsp3) is 0.667. The quantitative estimate of drug-likeness (QED) is 0.714. The number of hydrogen-bond donors (Lipinski definition) is 0. The minimum absolute atomic E-state index is 0.0682. The van der Waals surface area contributed by atoms with E-state index >= 15 is 0 Å². The van der Waals surface area contributed by atoms with E-state index in [-0.39, 0.29) is 17.6 Å². The third-order valence-corrected chi connectivity index (χ3v) is 1.91. The number of rotatable bonds is 3. The Bertz CT molecular complexity index is 304. The highest BCUT2D eigenvalue weighted by Gasteiger charge is 2.26. The van der Waals surface area contributed by atoms with Gasteiger partial charge in [-0.25, -0.2) is 0 Å². The molecule has 1 aromatic rings. The number of carbonyl (C=O) groups is 1. The summed E-state index contributed by atoms with van der Waals surface area (Å²) in [6.07, 6.45) is 0. The zero-order chi connectivity index (χ0) is 10.0. The van der Waals surface area contributed by atoms with E-state index in [9.17, 15) is 4.79 Å². The number of carbonyl (C=O) groups excluding carboxylic acids is 1. The van der Waals surface area contributed by atoms with Crippen LogP contribution < -0.4 is 0 Å². The van der Waals surface area contributed by atoms with Gasteiger partial charge in [-0.3, -0.25) is 4.79 Å². The number of aromatic nitrogens is 2. The Morgan fingerprint density at radius 2 is 2.08 bits per heavy atom. The van der Waals surface area contributed by atoms with Crippen LogP contribution in [0.4, 0.5) is 0 Å². The molecule has 72 valence electrons. The summed E-state index contributed by atoms with van der Waals surface area (Å²) >= 11 is 0. The summed E-state index contributed by atoms with van der Waals surface area (Å²) in [5, 5.41) is 3.66. The van der Waals surface area contributed by atoms with Gasteiger partial charge < -0.3 is 4.52 Å². The predicted octanol–water partition coefficient (Wildman–Crippen LogP) is 1.71. The Hall–Kier alpha value is -1.19. The van der Waals surface area contributed by atoms with Crippen LogP contribution in [-0.4, -0.2) is 15.9 Å². The van der Waals surface area contributed by atoms with Crippen molar-refractivity contribution < 1.29 is 9.32 Å². The van der Waals surface area contributed by atoms with Gasteiger partial charge in [0.05, 0.1) is 5.92 Å². The Labute approximate surface area is 77.3 Å². The molecule has 1 atom stereocenters. The summed E-state index contributed by atoms with van der Waals surface area (Å²) in [6, 6.07) is 0. The van der Waals surface area contributed by atoms with Gasteiger partial charge in [-0.1, -0.05) is 19.0 Å². The lowest BCUT2D eigenvalue weighted by Gasteiger charge is -2.12. The van der Waals surface area contributed by atoms with Gasteiger partial charge in [-0.05, 0) is 19.8 Å². The highest BCUT2D eigenvalue weighted by atomic mass is 16.5. The third-order valence-electron chi connectivity index (χ3n) is 1.91. The van der Waals surface area contributed by atoms with Gasteiger partial charge in [0.25, 0.3) is 0 Å². The number of Topliss-reactive ketones (excluding diaryl/α,β-unsaturated/α-hetero) is 1. The van der Waals surface area contributed by atoms with Gasteiger partial charge in [-0.2, -0.15) is 4.98 Å². The number of aryl methyl sites for hydroxylation is 1. The summed E-state index contributed by atoms with van der Waals surface area (Å²) in [7, 11) is 0. The zero-order valence-corrected chi connectivity index (χ0v) is 8.37. The first-order chi connectivity index (χ1) is 6.02. The second-order valence-corrected chi connectivity index (χ2v) is 3.51. The molecule has 4 heteroatoms. The van der Waals surface area contributed by atoms with Gasteiger partial charge in [0.2, 0.25) is 5.89 Å². The molecule has 0 amide bonds. The van der Waals surface area contributed by atoms with Crippen molar-refractivity contribution in [1.82, 2.24) is 10.1 Å². The second kappa shape index (κ2) is 3.68. The lowest BCUT2D eigenvalue weighted by atomic mass is 9.92. The molecule has 0 radical (unpaired) electrons. The first-order valence-corrected chi connectivity index (χ1v) is 4.33. The van der Waals surface area contributed by atoms with Crippen molar-refractivity contribution in [3.8, 4) is 0 Å². The van der Waals surface area contributed by atoms with Gasteiger partial charge in [0, 0.05) is 0 Å². The SMILES string of the molecule is CC(=O)C(c1nc(C)no1)C(C)C. The standard InChI is InChI=1S/C9H14N2O2/c1-5(2)8(6(3)12)9-10-7(4)11-13-9/h5,8H,1-4H3. The maximum Gasteiger partial charge on any atom is 0.237 e. The molecule has 1 heterocycles. The van der Waals surface area contributed by atoms with Crippen LogP contribution >= 0.6 is 0 Å². The van der Waals surface area contributed by atoms with Crippen LogP contribution in [0.15, 0.2) is 4.52 Å². The van der Waals surface area contributed by atoms with E-state index in [0.29, 0.717) is 11.7 Å². The van der Waals surface area contributed by atoms with Crippen LogP contribution in [-0.2, 0) is 4.79 Å². The van der Waals surface area contributed by atoms with Crippen molar-refractivity contribution >= 4 is 5.78 Å². The minimum atomic E-state index is -0.263. The smallest absolute Gasteiger partial charge is 0.237 e. The molecule has 0 saturated heterocycles. The summed E-state index contributed by atoms with van der Waals surface area (Å²) in [5.41, 5.74) is 0. The molecule has 0 saturated carbocycles. The van der Waals surface area contributed by atoms with Crippen LogP contribution in [0.3, 0.4) is 0 Å². The van der Waals surface area contributed by atoms with Crippen LogP contribution in [0.1, 0.15) is 38.4 Å². The second-order valence-electron chi connectivity index (χ2n) is 3.51. The number of nitrogens with zero attached hydrogens (tertiary/aromatic N) is 2. The molecule has 1 rings (SSSR count). The Morgan fingerprint density at radius 3 is 2.38 bits per heavy atom. The first-order valence-electron chi connectivity index (χ1n) is 4.33. The van der Waals surface area contributed by atoms with Crippen molar-refractivity contribution in [2.45, 2.75) is 33.6 Å². The lowest BCUT2D eigenvalue weighted by Crippen LogP contribution is -2.15. The number of ketones is 1. The van der Waals surface area contributed by atoms with Crippen molar-refractivity contribution in [3.63, 3.8) is 0 Å². The molecule has 0 fully saturated rings. The molecule has 0 aromatic carbocycles. The van der Waals surface area contributed by atoms with E-state index < -0.39 is 0 Å². The number of hydrogen-bond acceptors (Lipinski definition) is 4. The van der Waals surface area contributed by atoms with E-state index in [1.807, 2.05) is 13.8 Å². The van der Waals surface area contributed by atoms with Crippen LogP contribution in [0, 0.1) is 12.8 Å². The molecule has 4 nitrogen and oxygen atoms in total. The molecule has 0 aliphatic carbocycles. The van der Waals surface area contributed by atoms with Crippen molar-refractivity contribution in [3.05, 3.63) is 11.7 Å².